The van der Waals surface area contributed by atoms with E-state index in [0.29, 0.717) is 87.1 Å². The van der Waals surface area contributed by atoms with Crippen LogP contribution in [0.1, 0.15) is 44.5 Å². The van der Waals surface area contributed by atoms with Crippen molar-refractivity contribution in [3.63, 3.8) is 0 Å². The fourth-order valence-electron chi connectivity index (χ4n) is 4.53. The first-order valence-electron chi connectivity index (χ1n) is 14.4. The molecule has 0 spiro atoms. The minimum Gasteiger partial charge on any atom is -0.780 e. The van der Waals surface area contributed by atoms with Crippen molar-refractivity contribution in [3.05, 3.63) is 117 Å². The number of hydrogen-bond donors (Lipinski definition) is 4. The summed E-state index contributed by atoms with van der Waals surface area (Å²) in [7, 11) is 6.21. The fourth-order valence-corrected chi connectivity index (χ4v) is 5.47. The van der Waals surface area contributed by atoms with Crippen LogP contribution in [0.15, 0.2) is 72.8 Å². The van der Waals surface area contributed by atoms with E-state index in [9.17, 15) is 20.4 Å². The summed E-state index contributed by atoms with van der Waals surface area (Å²) in [4.78, 5) is 1.87. The molecule has 0 unspecified atom stereocenters. The van der Waals surface area contributed by atoms with Crippen LogP contribution in [0.2, 0.25) is 0 Å². The average Bonchev–Trinajstić information content (AvgIpc) is 3.15. The number of rotatable bonds is 12. The summed E-state index contributed by atoms with van der Waals surface area (Å²) in [5, 5.41) is 37.5. The first-order chi connectivity index (χ1) is 23.0. The summed E-state index contributed by atoms with van der Waals surface area (Å²) in [5.41, 5.74) is 5.57. The molecule has 0 amide bonds. The van der Waals surface area contributed by atoms with E-state index in [0.717, 1.165) is 0 Å². The minimum atomic E-state index is -0.118. The number of ether oxygens (including phenoxy) is 4. The van der Waals surface area contributed by atoms with Crippen molar-refractivity contribution in [1.29, 1.82) is 0 Å². The molecule has 0 fully saturated rings. The Kier molecular flexibility index (Phi) is 17.5. The van der Waals surface area contributed by atoms with Gasteiger partial charge >= 0.3 is 0 Å². The SMILES string of the molecule is COc1cc(CO)cc(C([S-])=C([S-])c2cc(CO)cc(OC)c2)c1.COc1cc(CO)cc(C([S-])=C([S-])c2cc(CO)cc(OC)c2)c1.[Ni]. The topological polar surface area (TPSA) is 118 Å². The minimum absolute atomic E-state index is 0. The molecule has 0 saturated heterocycles. The van der Waals surface area contributed by atoms with E-state index in [-0.39, 0.29) is 42.9 Å². The van der Waals surface area contributed by atoms with E-state index in [1.165, 1.54) is 0 Å². The maximum atomic E-state index is 9.38. The van der Waals surface area contributed by atoms with Crippen molar-refractivity contribution in [1.82, 2.24) is 0 Å². The Labute approximate surface area is 319 Å². The van der Waals surface area contributed by atoms with Gasteiger partial charge in [0.1, 0.15) is 23.0 Å². The zero-order valence-corrected chi connectivity index (χ0v) is 31.4. The van der Waals surface area contributed by atoms with Gasteiger partial charge in [0, 0.05) is 16.5 Å². The molecule has 4 N–H and O–H groups in total. The van der Waals surface area contributed by atoms with Crippen molar-refractivity contribution in [2.75, 3.05) is 28.4 Å². The molecule has 0 aliphatic rings. The average molecular weight is 784 g/mol. The Balaban J connectivity index is 0.000000333. The molecule has 0 aliphatic carbocycles. The first-order valence-corrected chi connectivity index (χ1v) is 16.0. The van der Waals surface area contributed by atoms with E-state index in [1.807, 2.05) is 0 Å². The Morgan fingerprint density at radius 2 is 0.571 bits per heavy atom. The molecule has 0 radical (unpaired) electrons. The predicted octanol–water partition coefficient (Wildman–Crippen LogP) is 5.21. The second-order valence-electron chi connectivity index (χ2n) is 10.2. The first kappa shape index (κ1) is 41.9. The van der Waals surface area contributed by atoms with Crippen LogP contribution in [-0.4, -0.2) is 48.9 Å². The van der Waals surface area contributed by atoms with Crippen molar-refractivity contribution < 1.29 is 55.9 Å². The van der Waals surface area contributed by atoms with Crippen molar-refractivity contribution in [2.24, 2.45) is 0 Å². The summed E-state index contributed by atoms with van der Waals surface area (Å²) in [5.74, 6) is 2.40. The summed E-state index contributed by atoms with van der Waals surface area (Å²) in [6.07, 6.45) is 0. The second kappa shape index (κ2) is 20.4. The molecule has 266 valence electrons. The third kappa shape index (κ3) is 11.4. The molecule has 0 heterocycles. The summed E-state index contributed by atoms with van der Waals surface area (Å²) in [6, 6.07) is 21.2. The van der Waals surface area contributed by atoms with Gasteiger partial charge in [-0.25, -0.2) is 0 Å². The molecule has 49 heavy (non-hydrogen) atoms. The molecule has 4 aromatic carbocycles. The molecular weight excluding hydrogens is 747 g/mol. The fraction of sp³-hybridized carbons (Fsp3) is 0.222. The molecule has 0 atom stereocenters. The van der Waals surface area contributed by atoms with Crippen LogP contribution in [0.3, 0.4) is 0 Å². The van der Waals surface area contributed by atoms with Crippen LogP contribution in [0.5, 0.6) is 23.0 Å². The Morgan fingerprint density at radius 3 is 0.714 bits per heavy atom. The van der Waals surface area contributed by atoms with Crippen molar-refractivity contribution in [3.8, 4) is 23.0 Å². The third-order valence-corrected chi connectivity index (χ3v) is 9.02. The smallest absolute Gasteiger partial charge is 0.119 e. The van der Waals surface area contributed by atoms with E-state index in [2.05, 4.69) is 0 Å². The van der Waals surface area contributed by atoms with Crippen molar-refractivity contribution >= 4 is 70.1 Å². The molecule has 0 aliphatic heterocycles. The summed E-state index contributed by atoms with van der Waals surface area (Å²) < 4.78 is 21.0. The zero-order valence-electron chi connectivity index (χ0n) is 27.1. The van der Waals surface area contributed by atoms with Gasteiger partial charge in [0.15, 0.2) is 0 Å². The molecule has 4 rings (SSSR count). The van der Waals surface area contributed by atoms with Gasteiger partial charge in [-0.15, -0.1) is 0 Å². The van der Waals surface area contributed by atoms with E-state index >= 15 is 0 Å². The Bertz CT molecular complexity index is 1430. The van der Waals surface area contributed by atoms with Gasteiger partial charge in [-0.3, -0.25) is 0 Å². The van der Waals surface area contributed by atoms with Crippen molar-refractivity contribution in [2.45, 2.75) is 26.4 Å². The van der Waals surface area contributed by atoms with Gasteiger partial charge in [0.05, 0.1) is 54.9 Å². The number of hydrogen-bond acceptors (Lipinski definition) is 12. The molecular formula is C36H36NiO8S4-4. The largest absolute Gasteiger partial charge is 0.780 e. The maximum absolute atomic E-state index is 9.38. The van der Waals surface area contributed by atoms with Crippen LogP contribution in [0, 0.1) is 0 Å². The zero-order chi connectivity index (χ0) is 35.4. The number of aliphatic hydroxyl groups excluding tert-OH is 4. The van der Waals surface area contributed by atoms with Crippen LogP contribution < -0.4 is 18.9 Å². The summed E-state index contributed by atoms with van der Waals surface area (Å²) in [6.45, 7) is -0.471. The van der Waals surface area contributed by atoms with Crippen LogP contribution in [0.25, 0.3) is 19.6 Å². The monoisotopic (exact) mass is 782 g/mol. The number of aliphatic hydroxyl groups is 4. The van der Waals surface area contributed by atoms with Crippen LogP contribution in [-0.2, 0) is 93.4 Å². The molecule has 4 aromatic rings. The van der Waals surface area contributed by atoms with Gasteiger partial charge in [0.2, 0.25) is 0 Å². The molecule has 13 heteroatoms. The second-order valence-corrected chi connectivity index (χ2v) is 11.9. The van der Waals surface area contributed by atoms with Gasteiger partial charge in [-0.2, -0.15) is 19.6 Å². The molecule has 0 saturated carbocycles. The Hall–Kier alpha value is -3.23. The number of benzene rings is 4. The summed E-state index contributed by atoms with van der Waals surface area (Å²) >= 11 is 22.1. The van der Waals surface area contributed by atoms with Crippen LogP contribution in [0.4, 0.5) is 0 Å². The molecule has 8 nitrogen and oxygen atoms in total. The predicted molar refractivity (Wildman–Crippen MR) is 199 cm³/mol. The van der Waals surface area contributed by atoms with Gasteiger partial charge in [-0.1, -0.05) is 24.3 Å². The van der Waals surface area contributed by atoms with E-state index < -0.39 is 0 Å². The quantitative estimate of drug-likeness (QED) is 0.0859. The maximum Gasteiger partial charge on any atom is 0.119 e. The van der Waals surface area contributed by atoms with Crippen LogP contribution >= 0.6 is 0 Å². The molecule has 0 aromatic heterocycles. The van der Waals surface area contributed by atoms with E-state index in [4.69, 9.17) is 69.5 Å². The third-order valence-electron chi connectivity index (χ3n) is 7.00. The normalized spacial score (nSPS) is 11.6. The van der Waals surface area contributed by atoms with E-state index in [1.54, 1.807) is 101 Å². The van der Waals surface area contributed by atoms with Gasteiger partial charge in [-0.05, 0) is 93.0 Å². The standard InChI is InChI=1S/2C18H20O4S2.Ni/c2*1-21-15-5-11(9-19)3-13(7-15)17(23)18(24)14-4-12(10-20)6-16(8-14)22-2;/h2*3-8,19-20,23-24H,9-10H2,1-2H3;/p-4. The van der Waals surface area contributed by atoms with Gasteiger partial charge in [0.25, 0.3) is 0 Å². The van der Waals surface area contributed by atoms with Gasteiger partial charge < -0.3 is 89.9 Å². The Morgan fingerprint density at radius 1 is 0.388 bits per heavy atom. The number of methoxy groups -OCH3 is 4. The molecule has 0 bridgehead atoms.